The smallest absolute Gasteiger partial charge is 0.0869 e. The Hall–Kier alpha value is -0.160. The summed E-state index contributed by atoms with van der Waals surface area (Å²) in [6.45, 7) is 4.89. The quantitative estimate of drug-likeness (QED) is 0.682. The zero-order valence-corrected chi connectivity index (χ0v) is 10.1. The van der Waals surface area contributed by atoms with Gasteiger partial charge >= 0.3 is 0 Å². The zero-order valence-electron chi connectivity index (χ0n) is 10.1. The molecule has 1 saturated heterocycles. The summed E-state index contributed by atoms with van der Waals surface area (Å²) in [6, 6.07) is 0.507. The molecule has 1 aliphatic rings. The molecule has 90 valence electrons. The summed E-state index contributed by atoms with van der Waals surface area (Å²) >= 11 is 0. The Labute approximate surface area is 92.6 Å². The summed E-state index contributed by atoms with van der Waals surface area (Å²) in [5, 5.41) is 13.5. The van der Waals surface area contributed by atoms with E-state index in [1.165, 1.54) is 0 Å². The van der Waals surface area contributed by atoms with Gasteiger partial charge in [-0.05, 0) is 33.9 Å². The molecule has 15 heavy (non-hydrogen) atoms. The van der Waals surface area contributed by atoms with Gasteiger partial charge in [0.1, 0.15) is 0 Å². The number of nitrogens with one attached hydrogen (secondary N) is 1. The van der Waals surface area contributed by atoms with Crippen LogP contribution in [0.15, 0.2) is 0 Å². The lowest BCUT2D eigenvalue weighted by Gasteiger charge is -2.31. The van der Waals surface area contributed by atoms with Crippen LogP contribution in [0.3, 0.4) is 0 Å². The molecule has 1 fully saturated rings. The number of likely N-dealkylation sites (N-methyl/N-ethyl adjacent to an activating group) is 1. The van der Waals surface area contributed by atoms with Crippen molar-refractivity contribution in [2.45, 2.75) is 31.4 Å². The van der Waals surface area contributed by atoms with Gasteiger partial charge in [0.15, 0.2) is 0 Å². The Bertz CT molecular complexity index is 177. The molecule has 1 aliphatic heterocycles. The maximum Gasteiger partial charge on any atom is 0.0869 e. The monoisotopic (exact) mass is 216 g/mol. The van der Waals surface area contributed by atoms with Crippen molar-refractivity contribution < 1.29 is 9.84 Å². The summed E-state index contributed by atoms with van der Waals surface area (Å²) in [7, 11) is 3.95. The second-order valence-electron chi connectivity index (χ2n) is 5.00. The lowest BCUT2D eigenvalue weighted by atomic mass is 10.0. The number of hydrogen-bond donors (Lipinski definition) is 2. The van der Waals surface area contributed by atoms with E-state index in [0.29, 0.717) is 19.1 Å². The molecule has 0 aromatic rings. The molecular formula is C11H24N2O2. The molecule has 0 amide bonds. The van der Waals surface area contributed by atoms with E-state index in [-0.39, 0.29) is 0 Å². The third kappa shape index (κ3) is 5.47. The van der Waals surface area contributed by atoms with Crippen LogP contribution in [0.1, 0.15) is 19.8 Å². The Morgan fingerprint density at radius 3 is 2.53 bits per heavy atom. The third-order valence-electron chi connectivity index (χ3n) is 2.65. The SMILES string of the molecule is CN(C)CC(C)(O)CNC1CCOCC1. The molecular weight excluding hydrogens is 192 g/mol. The number of aliphatic hydroxyl groups is 1. The molecule has 0 spiro atoms. The van der Waals surface area contributed by atoms with Crippen molar-refractivity contribution in [1.82, 2.24) is 10.2 Å². The number of ether oxygens (including phenoxy) is 1. The van der Waals surface area contributed by atoms with Crippen molar-refractivity contribution in [2.75, 3.05) is 40.4 Å². The van der Waals surface area contributed by atoms with Crippen molar-refractivity contribution >= 4 is 0 Å². The van der Waals surface area contributed by atoms with E-state index in [1.54, 1.807) is 0 Å². The molecule has 1 rings (SSSR count). The van der Waals surface area contributed by atoms with E-state index >= 15 is 0 Å². The highest BCUT2D eigenvalue weighted by Crippen LogP contribution is 2.09. The van der Waals surface area contributed by atoms with Crippen LogP contribution in [0.5, 0.6) is 0 Å². The van der Waals surface area contributed by atoms with Gasteiger partial charge in [0.05, 0.1) is 5.60 Å². The van der Waals surface area contributed by atoms with E-state index in [2.05, 4.69) is 5.32 Å². The van der Waals surface area contributed by atoms with Gasteiger partial charge in [-0.3, -0.25) is 0 Å². The number of rotatable bonds is 5. The fraction of sp³-hybridized carbons (Fsp3) is 1.00. The lowest BCUT2D eigenvalue weighted by molar-refractivity contribution is 0.0223. The van der Waals surface area contributed by atoms with Crippen LogP contribution in [0.4, 0.5) is 0 Å². The van der Waals surface area contributed by atoms with Gasteiger partial charge in [0, 0.05) is 32.3 Å². The fourth-order valence-corrected chi connectivity index (χ4v) is 2.00. The van der Waals surface area contributed by atoms with E-state index in [1.807, 2.05) is 25.9 Å². The average Bonchev–Trinajstić information content (AvgIpc) is 2.15. The summed E-state index contributed by atoms with van der Waals surface area (Å²) in [5.74, 6) is 0. The molecule has 2 N–H and O–H groups in total. The molecule has 0 aromatic heterocycles. The highest BCUT2D eigenvalue weighted by molar-refractivity contribution is 4.81. The van der Waals surface area contributed by atoms with E-state index < -0.39 is 5.60 Å². The van der Waals surface area contributed by atoms with Gasteiger partial charge in [-0.2, -0.15) is 0 Å². The first-order chi connectivity index (χ1) is 6.99. The number of nitrogens with zero attached hydrogens (tertiary/aromatic N) is 1. The van der Waals surface area contributed by atoms with Gasteiger partial charge in [0.2, 0.25) is 0 Å². The Morgan fingerprint density at radius 1 is 1.40 bits per heavy atom. The van der Waals surface area contributed by atoms with Crippen molar-refractivity contribution in [3.05, 3.63) is 0 Å². The van der Waals surface area contributed by atoms with Gasteiger partial charge in [0.25, 0.3) is 0 Å². The van der Waals surface area contributed by atoms with Crippen molar-refractivity contribution in [3.63, 3.8) is 0 Å². The standard InChI is InChI=1S/C11H24N2O2/c1-11(14,9-13(2)3)8-12-10-4-6-15-7-5-10/h10,12,14H,4-9H2,1-3H3. The minimum absolute atomic E-state index is 0.507. The van der Waals surface area contributed by atoms with Gasteiger partial charge in [-0.25, -0.2) is 0 Å². The molecule has 4 heteroatoms. The molecule has 0 saturated carbocycles. The predicted molar refractivity (Wildman–Crippen MR) is 61.0 cm³/mol. The molecule has 1 atom stereocenters. The second-order valence-corrected chi connectivity index (χ2v) is 5.00. The highest BCUT2D eigenvalue weighted by Gasteiger charge is 2.23. The molecule has 0 aliphatic carbocycles. The zero-order chi connectivity index (χ0) is 11.3. The minimum atomic E-state index is -0.651. The first-order valence-electron chi connectivity index (χ1n) is 5.68. The molecule has 0 bridgehead atoms. The molecule has 0 aromatic carbocycles. The van der Waals surface area contributed by atoms with Crippen LogP contribution in [-0.2, 0) is 4.74 Å². The van der Waals surface area contributed by atoms with Crippen molar-refractivity contribution in [1.29, 1.82) is 0 Å². The molecule has 1 unspecified atom stereocenters. The average molecular weight is 216 g/mol. The van der Waals surface area contributed by atoms with Crippen molar-refractivity contribution in [2.24, 2.45) is 0 Å². The topological polar surface area (TPSA) is 44.7 Å². The van der Waals surface area contributed by atoms with Gasteiger partial charge < -0.3 is 20.1 Å². The van der Waals surface area contributed by atoms with E-state index in [9.17, 15) is 5.11 Å². The van der Waals surface area contributed by atoms with Crippen LogP contribution in [0.2, 0.25) is 0 Å². The Kier molecular flexibility index (Phi) is 4.99. The third-order valence-corrected chi connectivity index (χ3v) is 2.65. The summed E-state index contributed by atoms with van der Waals surface area (Å²) in [5.41, 5.74) is -0.651. The maximum atomic E-state index is 10.1. The Morgan fingerprint density at radius 2 is 2.00 bits per heavy atom. The van der Waals surface area contributed by atoms with Gasteiger partial charge in [-0.1, -0.05) is 0 Å². The molecule has 4 nitrogen and oxygen atoms in total. The first-order valence-corrected chi connectivity index (χ1v) is 5.68. The summed E-state index contributed by atoms with van der Waals surface area (Å²) < 4.78 is 5.29. The van der Waals surface area contributed by atoms with Crippen molar-refractivity contribution in [3.8, 4) is 0 Å². The second kappa shape index (κ2) is 5.80. The van der Waals surface area contributed by atoms with Crippen LogP contribution in [0, 0.1) is 0 Å². The fourth-order valence-electron chi connectivity index (χ4n) is 2.00. The van der Waals surface area contributed by atoms with Gasteiger partial charge in [-0.15, -0.1) is 0 Å². The normalized spacial score (nSPS) is 23.0. The first kappa shape index (κ1) is 12.9. The maximum absolute atomic E-state index is 10.1. The predicted octanol–water partition coefficient (Wildman–Crippen LogP) is 0.0676. The van der Waals surface area contributed by atoms with E-state index in [4.69, 9.17) is 4.74 Å². The molecule has 1 heterocycles. The van der Waals surface area contributed by atoms with Crippen LogP contribution in [-0.4, -0.2) is 62.0 Å². The van der Waals surface area contributed by atoms with E-state index in [0.717, 1.165) is 26.1 Å². The van der Waals surface area contributed by atoms with Crippen LogP contribution < -0.4 is 5.32 Å². The minimum Gasteiger partial charge on any atom is -0.388 e. The number of hydrogen-bond acceptors (Lipinski definition) is 4. The molecule has 0 radical (unpaired) electrons. The highest BCUT2D eigenvalue weighted by atomic mass is 16.5. The van der Waals surface area contributed by atoms with Crippen LogP contribution >= 0.6 is 0 Å². The summed E-state index contributed by atoms with van der Waals surface area (Å²) in [6.07, 6.45) is 2.11. The van der Waals surface area contributed by atoms with Crippen LogP contribution in [0.25, 0.3) is 0 Å². The largest absolute Gasteiger partial charge is 0.388 e. The lowest BCUT2D eigenvalue weighted by Crippen LogP contribution is -2.49. The summed E-state index contributed by atoms with van der Waals surface area (Å²) in [4.78, 5) is 2.01. The Balaban J connectivity index is 2.21.